The fraction of sp³-hybridized carbons (Fsp3) is 0.455. The fourth-order valence-corrected chi connectivity index (χ4v) is 2.22. The number of carboxylic acids is 1. The minimum Gasteiger partial charge on any atom is -0.495 e. The van der Waals surface area contributed by atoms with E-state index in [0.717, 1.165) is 4.88 Å². The van der Waals surface area contributed by atoms with Crippen LogP contribution in [0.15, 0.2) is 6.07 Å². The van der Waals surface area contributed by atoms with Crippen LogP contribution in [-0.4, -0.2) is 30.6 Å². The number of hydrogen-bond acceptors (Lipinski definition) is 4. The van der Waals surface area contributed by atoms with Gasteiger partial charge in [0.2, 0.25) is 0 Å². The molecule has 0 aliphatic heterocycles. The van der Waals surface area contributed by atoms with Crippen molar-refractivity contribution in [1.82, 2.24) is 5.32 Å². The van der Waals surface area contributed by atoms with Crippen LogP contribution in [0.5, 0.6) is 5.75 Å². The topological polar surface area (TPSA) is 75.6 Å². The molecule has 0 fully saturated rings. The summed E-state index contributed by atoms with van der Waals surface area (Å²) >= 11 is 1.36. The van der Waals surface area contributed by atoms with Crippen molar-refractivity contribution in [2.24, 2.45) is 0 Å². The Balaban J connectivity index is 2.49. The van der Waals surface area contributed by atoms with Gasteiger partial charge >= 0.3 is 5.97 Å². The summed E-state index contributed by atoms with van der Waals surface area (Å²) in [6.45, 7) is 2.25. The highest BCUT2D eigenvalue weighted by Gasteiger charge is 2.15. The molecule has 2 N–H and O–H groups in total. The van der Waals surface area contributed by atoms with Crippen LogP contribution in [0.1, 0.15) is 27.4 Å². The van der Waals surface area contributed by atoms with Gasteiger partial charge in [0.15, 0.2) is 0 Å². The number of carboxylic acid groups (broad SMARTS) is 1. The minimum atomic E-state index is -0.858. The Kier molecular flexibility index (Phi) is 4.96. The SMILES string of the molecule is COc1cc(C)sc1C(=O)NCCCC(=O)O. The lowest BCUT2D eigenvalue weighted by Crippen LogP contribution is -2.24. The summed E-state index contributed by atoms with van der Waals surface area (Å²) in [7, 11) is 1.52. The number of hydrogen-bond donors (Lipinski definition) is 2. The van der Waals surface area contributed by atoms with Gasteiger partial charge in [-0.25, -0.2) is 0 Å². The number of aryl methyl sites for hydroxylation is 1. The third kappa shape index (κ3) is 4.07. The molecule has 0 bridgehead atoms. The molecule has 0 unspecified atom stereocenters. The predicted octanol–water partition coefficient (Wildman–Crippen LogP) is 1.66. The summed E-state index contributed by atoms with van der Waals surface area (Å²) in [5.41, 5.74) is 0. The maximum absolute atomic E-state index is 11.8. The lowest BCUT2D eigenvalue weighted by molar-refractivity contribution is -0.137. The van der Waals surface area contributed by atoms with Gasteiger partial charge in [0.1, 0.15) is 10.6 Å². The number of thiophene rings is 1. The van der Waals surface area contributed by atoms with Gasteiger partial charge in [0, 0.05) is 17.8 Å². The van der Waals surface area contributed by atoms with Crippen molar-refractivity contribution in [3.8, 4) is 5.75 Å². The van der Waals surface area contributed by atoms with Crippen molar-refractivity contribution in [3.63, 3.8) is 0 Å². The first kappa shape index (κ1) is 13.5. The number of ether oxygens (including phenoxy) is 1. The van der Waals surface area contributed by atoms with E-state index >= 15 is 0 Å². The molecule has 0 saturated carbocycles. The van der Waals surface area contributed by atoms with E-state index in [9.17, 15) is 9.59 Å². The number of amides is 1. The van der Waals surface area contributed by atoms with Crippen LogP contribution < -0.4 is 10.1 Å². The molecule has 17 heavy (non-hydrogen) atoms. The highest BCUT2D eigenvalue weighted by atomic mass is 32.1. The number of nitrogens with one attached hydrogen (secondary N) is 1. The van der Waals surface area contributed by atoms with Crippen LogP contribution in [0.3, 0.4) is 0 Å². The molecule has 0 aliphatic carbocycles. The van der Waals surface area contributed by atoms with Crippen LogP contribution in [0.4, 0.5) is 0 Å². The molecule has 0 aromatic carbocycles. The molecule has 6 heteroatoms. The largest absolute Gasteiger partial charge is 0.495 e. The first-order valence-electron chi connectivity index (χ1n) is 5.19. The van der Waals surface area contributed by atoms with E-state index in [1.165, 1.54) is 18.4 Å². The zero-order chi connectivity index (χ0) is 12.8. The van der Waals surface area contributed by atoms with Crippen LogP contribution in [0.25, 0.3) is 0 Å². The molecule has 1 amide bonds. The first-order valence-corrected chi connectivity index (χ1v) is 6.00. The second-order valence-corrected chi connectivity index (χ2v) is 4.76. The lowest BCUT2D eigenvalue weighted by Gasteiger charge is -2.04. The Morgan fingerprint density at radius 2 is 2.24 bits per heavy atom. The highest BCUT2D eigenvalue weighted by molar-refractivity contribution is 7.14. The number of carbonyl (C=O) groups excluding carboxylic acids is 1. The monoisotopic (exact) mass is 257 g/mol. The Hall–Kier alpha value is -1.56. The van der Waals surface area contributed by atoms with Crippen LogP contribution in [0, 0.1) is 6.92 Å². The van der Waals surface area contributed by atoms with Crippen LogP contribution in [0.2, 0.25) is 0 Å². The molecule has 0 radical (unpaired) electrons. The summed E-state index contributed by atoms with van der Waals surface area (Å²) in [6.07, 6.45) is 0.481. The molecule has 0 spiro atoms. The third-order valence-electron chi connectivity index (χ3n) is 2.10. The smallest absolute Gasteiger partial charge is 0.303 e. The maximum Gasteiger partial charge on any atom is 0.303 e. The standard InChI is InChI=1S/C11H15NO4S/c1-7-6-8(16-2)10(17-7)11(15)12-5-3-4-9(13)14/h6H,3-5H2,1-2H3,(H,12,15)(H,13,14). The molecule has 1 rings (SSSR count). The molecule has 0 saturated heterocycles. The van der Waals surface area contributed by atoms with E-state index in [0.29, 0.717) is 23.6 Å². The van der Waals surface area contributed by atoms with Crippen molar-refractivity contribution in [3.05, 3.63) is 15.8 Å². The Labute approximate surface area is 103 Å². The number of methoxy groups -OCH3 is 1. The van der Waals surface area contributed by atoms with E-state index in [4.69, 9.17) is 9.84 Å². The summed E-state index contributed by atoms with van der Waals surface area (Å²) in [5.74, 6) is -0.516. The van der Waals surface area contributed by atoms with Crippen molar-refractivity contribution >= 4 is 23.2 Å². The second kappa shape index (κ2) is 6.24. The quantitative estimate of drug-likeness (QED) is 0.760. The summed E-state index contributed by atoms with van der Waals surface area (Å²) in [6, 6.07) is 1.80. The van der Waals surface area contributed by atoms with Gasteiger partial charge in [0.25, 0.3) is 5.91 Å². The zero-order valence-corrected chi connectivity index (χ0v) is 10.6. The number of aliphatic carboxylic acids is 1. The average molecular weight is 257 g/mol. The first-order chi connectivity index (χ1) is 8.04. The highest BCUT2D eigenvalue weighted by Crippen LogP contribution is 2.28. The summed E-state index contributed by atoms with van der Waals surface area (Å²) in [4.78, 5) is 23.6. The van der Waals surface area contributed by atoms with Crippen molar-refractivity contribution in [2.45, 2.75) is 19.8 Å². The van der Waals surface area contributed by atoms with Crippen molar-refractivity contribution in [1.29, 1.82) is 0 Å². The molecule has 1 heterocycles. The van der Waals surface area contributed by atoms with Gasteiger partial charge in [-0.2, -0.15) is 0 Å². The second-order valence-electron chi connectivity index (χ2n) is 3.51. The normalized spacial score (nSPS) is 10.0. The van der Waals surface area contributed by atoms with E-state index in [1.807, 2.05) is 6.92 Å². The molecule has 1 aromatic rings. The number of rotatable bonds is 6. The lowest BCUT2D eigenvalue weighted by atomic mass is 10.3. The van der Waals surface area contributed by atoms with Gasteiger partial charge in [-0.1, -0.05) is 0 Å². The predicted molar refractivity (Wildman–Crippen MR) is 64.8 cm³/mol. The van der Waals surface area contributed by atoms with E-state index in [-0.39, 0.29) is 12.3 Å². The minimum absolute atomic E-state index is 0.0564. The van der Waals surface area contributed by atoms with Crippen LogP contribution >= 0.6 is 11.3 Å². The molecule has 0 atom stereocenters. The molecule has 94 valence electrons. The van der Waals surface area contributed by atoms with E-state index in [2.05, 4.69) is 5.32 Å². The van der Waals surface area contributed by atoms with Crippen LogP contribution in [-0.2, 0) is 4.79 Å². The Bertz CT molecular complexity index is 414. The average Bonchev–Trinajstić information content (AvgIpc) is 2.65. The Morgan fingerprint density at radius 3 is 2.82 bits per heavy atom. The summed E-state index contributed by atoms with van der Waals surface area (Å²) in [5, 5.41) is 11.1. The summed E-state index contributed by atoms with van der Waals surface area (Å²) < 4.78 is 5.09. The molecule has 0 aliphatic rings. The fourth-order valence-electron chi connectivity index (χ4n) is 1.32. The molecule has 5 nitrogen and oxygen atoms in total. The van der Waals surface area contributed by atoms with Gasteiger partial charge in [-0.15, -0.1) is 11.3 Å². The maximum atomic E-state index is 11.8. The Morgan fingerprint density at radius 1 is 1.53 bits per heavy atom. The van der Waals surface area contributed by atoms with E-state index in [1.54, 1.807) is 6.07 Å². The molecular formula is C11H15NO4S. The van der Waals surface area contributed by atoms with Gasteiger partial charge in [0.05, 0.1) is 7.11 Å². The zero-order valence-electron chi connectivity index (χ0n) is 9.78. The van der Waals surface area contributed by atoms with Gasteiger partial charge in [-0.05, 0) is 19.4 Å². The van der Waals surface area contributed by atoms with Gasteiger partial charge in [-0.3, -0.25) is 9.59 Å². The number of carbonyl (C=O) groups is 2. The van der Waals surface area contributed by atoms with Crippen molar-refractivity contribution in [2.75, 3.05) is 13.7 Å². The van der Waals surface area contributed by atoms with Gasteiger partial charge < -0.3 is 15.2 Å². The van der Waals surface area contributed by atoms with Crippen molar-refractivity contribution < 1.29 is 19.4 Å². The molecular weight excluding hydrogens is 242 g/mol. The molecule has 1 aromatic heterocycles. The van der Waals surface area contributed by atoms with E-state index < -0.39 is 5.97 Å². The third-order valence-corrected chi connectivity index (χ3v) is 3.13.